The van der Waals surface area contributed by atoms with Crippen molar-refractivity contribution < 1.29 is 9.53 Å². The van der Waals surface area contributed by atoms with Crippen LogP contribution in [0.5, 0.6) is 0 Å². The van der Waals surface area contributed by atoms with Crippen molar-refractivity contribution in [1.29, 1.82) is 0 Å². The highest BCUT2D eigenvalue weighted by molar-refractivity contribution is 5.84. The van der Waals surface area contributed by atoms with E-state index in [4.69, 9.17) is 4.74 Å². The molecule has 0 radical (unpaired) electrons. The van der Waals surface area contributed by atoms with Crippen molar-refractivity contribution in [3.8, 4) is 0 Å². The Hall–Kier alpha value is -2.04. The van der Waals surface area contributed by atoms with Crippen LogP contribution in [0, 0.1) is 0 Å². The molecular formula is C12H15N3O2. The second kappa shape index (κ2) is 4.08. The predicted octanol–water partition coefficient (Wildman–Crippen LogP) is 1.93. The largest absolute Gasteiger partial charge is 0.467 e. The van der Waals surface area contributed by atoms with Gasteiger partial charge < -0.3 is 15.0 Å². The summed E-state index contributed by atoms with van der Waals surface area (Å²) in [5.74, 6) is 0.222. The zero-order valence-electron chi connectivity index (χ0n) is 10.1. The lowest BCUT2D eigenvalue weighted by Gasteiger charge is -2.22. The van der Waals surface area contributed by atoms with E-state index in [0.717, 1.165) is 11.0 Å². The number of anilines is 1. The van der Waals surface area contributed by atoms with Crippen molar-refractivity contribution in [2.75, 3.05) is 12.4 Å². The minimum Gasteiger partial charge on any atom is -0.467 e. The second-order valence-corrected chi connectivity index (χ2v) is 4.34. The molecule has 2 aromatic rings. The zero-order valence-corrected chi connectivity index (χ0v) is 10.1. The molecule has 0 aliphatic rings. The van der Waals surface area contributed by atoms with E-state index in [-0.39, 0.29) is 5.97 Å². The summed E-state index contributed by atoms with van der Waals surface area (Å²) < 4.78 is 4.72. The molecule has 0 bridgehead atoms. The van der Waals surface area contributed by atoms with E-state index in [0.29, 0.717) is 5.95 Å². The van der Waals surface area contributed by atoms with Gasteiger partial charge in [0.15, 0.2) is 0 Å². The Balaban J connectivity index is 2.26. The maximum atomic E-state index is 11.5. The lowest BCUT2D eigenvalue weighted by atomic mass is 10.1. The van der Waals surface area contributed by atoms with Gasteiger partial charge in [-0.15, -0.1) is 0 Å². The molecule has 1 heterocycles. The molecular weight excluding hydrogens is 218 g/mol. The summed E-state index contributed by atoms with van der Waals surface area (Å²) >= 11 is 0. The number of rotatable bonds is 3. The van der Waals surface area contributed by atoms with Gasteiger partial charge >= 0.3 is 5.97 Å². The number of aromatic nitrogens is 2. The molecule has 90 valence electrons. The molecule has 0 amide bonds. The predicted molar refractivity (Wildman–Crippen MR) is 65.8 cm³/mol. The van der Waals surface area contributed by atoms with Gasteiger partial charge in [-0.1, -0.05) is 12.1 Å². The van der Waals surface area contributed by atoms with Gasteiger partial charge in [0, 0.05) is 0 Å². The van der Waals surface area contributed by atoms with Gasteiger partial charge in [0.25, 0.3) is 0 Å². The summed E-state index contributed by atoms with van der Waals surface area (Å²) in [4.78, 5) is 19.0. The molecule has 0 aliphatic carbocycles. The number of nitrogens with zero attached hydrogens (tertiary/aromatic N) is 1. The number of para-hydroxylation sites is 2. The molecule has 0 saturated heterocycles. The molecule has 5 heteroatoms. The van der Waals surface area contributed by atoms with Gasteiger partial charge in [-0.2, -0.15) is 0 Å². The van der Waals surface area contributed by atoms with E-state index < -0.39 is 5.54 Å². The Labute approximate surface area is 99.2 Å². The van der Waals surface area contributed by atoms with Crippen LogP contribution < -0.4 is 5.32 Å². The third kappa shape index (κ3) is 2.22. The first-order valence-electron chi connectivity index (χ1n) is 5.34. The first-order chi connectivity index (χ1) is 8.03. The van der Waals surface area contributed by atoms with E-state index in [2.05, 4.69) is 15.3 Å². The number of carbonyl (C=O) groups is 1. The highest BCUT2D eigenvalue weighted by atomic mass is 16.5. The van der Waals surface area contributed by atoms with Crippen molar-refractivity contribution >= 4 is 23.0 Å². The number of imidazole rings is 1. The van der Waals surface area contributed by atoms with Crippen molar-refractivity contribution in [2.24, 2.45) is 0 Å². The Morgan fingerprint density at radius 1 is 1.41 bits per heavy atom. The maximum absolute atomic E-state index is 11.5. The second-order valence-electron chi connectivity index (χ2n) is 4.34. The standard InChI is InChI=1S/C12H15N3O2/c1-12(2,10(16)17-3)15-11-13-8-6-4-5-7-9(8)14-11/h4-7H,1-3H3,(H2,13,14,15). The van der Waals surface area contributed by atoms with Gasteiger partial charge in [-0.25, -0.2) is 9.78 Å². The smallest absolute Gasteiger partial charge is 0.330 e. The minimum absolute atomic E-state index is 0.335. The molecule has 0 aliphatic heterocycles. The summed E-state index contributed by atoms with van der Waals surface area (Å²) in [7, 11) is 1.37. The van der Waals surface area contributed by atoms with Crippen LogP contribution >= 0.6 is 0 Å². The minimum atomic E-state index is -0.817. The molecule has 0 fully saturated rings. The highest BCUT2D eigenvalue weighted by Crippen LogP contribution is 2.17. The Kier molecular flexibility index (Phi) is 2.75. The number of esters is 1. The van der Waals surface area contributed by atoms with Crippen molar-refractivity contribution in [1.82, 2.24) is 9.97 Å². The number of nitrogens with one attached hydrogen (secondary N) is 2. The van der Waals surface area contributed by atoms with Crippen molar-refractivity contribution in [2.45, 2.75) is 19.4 Å². The van der Waals surface area contributed by atoms with Gasteiger partial charge in [-0.05, 0) is 26.0 Å². The van der Waals surface area contributed by atoms with Crippen LogP contribution in [0.25, 0.3) is 11.0 Å². The summed E-state index contributed by atoms with van der Waals surface area (Å²) in [6.07, 6.45) is 0. The van der Waals surface area contributed by atoms with E-state index >= 15 is 0 Å². The van der Waals surface area contributed by atoms with Gasteiger partial charge in [0.05, 0.1) is 18.1 Å². The van der Waals surface area contributed by atoms with Gasteiger partial charge in [-0.3, -0.25) is 0 Å². The average molecular weight is 233 g/mol. The third-order valence-corrected chi connectivity index (χ3v) is 2.52. The molecule has 0 saturated carbocycles. The zero-order chi connectivity index (χ0) is 12.5. The average Bonchev–Trinajstić information content (AvgIpc) is 2.68. The molecule has 0 unspecified atom stereocenters. The third-order valence-electron chi connectivity index (χ3n) is 2.52. The number of fused-ring (bicyclic) bond motifs is 1. The Morgan fingerprint density at radius 3 is 2.76 bits per heavy atom. The number of aromatic amines is 1. The van der Waals surface area contributed by atoms with E-state index in [1.807, 2.05) is 24.3 Å². The van der Waals surface area contributed by atoms with Crippen LogP contribution in [0.4, 0.5) is 5.95 Å². The summed E-state index contributed by atoms with van der Waals surface area (Å²) in [6, 6.07) is 7.68. The van der Waals surface area contributed by atoms with Crippen LogP contribution in [0.2, 0.25) is 0 Å². The molecule has 0 spiro atoms. The van der Waals surface area contributed by atoms with Crippen LogP contribution in [-0.2, 0) is 9.53 Å². The lowest BCUT2D eigenvalue weighted by molar-refractivity contribution is -0.144. The summed E-state index contributed by atoms with van der Waals surface area (Å²) in [5, 5.41) is 3.02. The SMILES string of the molecule is COC(=O)C(C)(C)Nc1nc2ccccc2[nH]1. The molecule has 5 nitrogen and oxygen atoms in total. The van der Waals surface area contributed by atoms with Crippen molar-refractivity contribution in [3.05, 3.63) is 24.3 Å². The monoisotopic (exact) mass is 233 g/mol. The highest BCUT2D eigenvalue weighted by Gasteiger charge is 2.29. The van der Waals surface area contributed by atoms with Crippen LogP contribution in [0.15, 0.2) is 24.3 Å². The first kappa shape index (κ1) is 11.4. The molecule has 2 N–H and O–H groups in total. The van der Waals surface area contributed by atoms with Crippen LogP contribution in [0.1, 0.15) is 13.8 Å². The molecule has 0 atom stereocenters. The number of hydrogen-bond donors (Lipinski definition) is 2. The molecule has 2 rings (SSSR count). The Bertz CT molecular complexity index is 512. The fraction of sp³-hybridized carbons (Fsp3) is 0.333. The van der Waals surface area contributed by atoms with Crippen molar-refractivity contribution in [3.63, 3.8) is 0 Å². The number of H-pyrrole nitrogens is 1. The van der Waals surface area contributed by atoms with E-state index in [9.17, 15) is 4.79 Å². The summed E-state index contributed by atoms with van der Waals surface area (Å²) in [6.45, 7) is 3.48. The lowest BCUT2D eigenvalue weighted by Crippen LogP contribution is -2.41. The molecule has 1 aromatic carbocycles. The normalized spacial score (nSPS) is 11.5. The number of ether oxygens (including phenoxy) is 1. The number of benzene rings is 1. The first-order valence-corrected chi connectivity index (χ1v) is 5.34. The van der Waals surface area contributed by atoms with E-state index in [1.54, 1.807) is 13.8 Å². The fourth-order valence-corrected chi connectivity index (χ4v) is 1.61. The van der Waals surface area contributed by atoms with Crippen LogP contribution in [-0.4, -0.2) is 28.6 Å². The quantitative estimate of drug-likeness (QED) is 0.795. The maximum Gasteiger partial charge on any atom is 0.330 e. The summed E-state index contributed by atoms with van der Waals surface area (Å²) in [5.41, 5.74) is 0.967. The molecule has 1 aromatic heterocycles. The van der Waals surface area contributed by atoms with E-state index in [1.165, 1.54) is 7.11 Å². The number of carbonyl (C=O) groups excluding carboxylic acids is 1. The topological polar surface area (TPSA) is 67.0 Å². The van der Waals surface area contributed by atoms with Crippen LogP contribution in [0.3, 0.4) is 0 Å². The Morgan fingerprint density at radius 2 is 2.12 bits per heavy atom. The number of hydrogen-bond acceptors (Lipinski definition) is 4. The molecule has 17 heavy (non-hydrogen) atoms. The van der Waals surface area contributed by atoms with Gasteiger partial charge in [0.2, 0.25) is 5.95 Å². The number of methoxy groups -OCH3 is 1. The van der Waals surface area contributed by atoms with Gasteiger partial charge in [0.1, 0.15) is 5.54 Å². The fourth-order valence-electron chi connectivity index (χ4n) is 1.61.